The molecule has 1 unspecified atom stereocenters. The summed E-state index contributed by atoms with van der Waals surface area (Å²) in [6, 6.07) is 9.69. The van der Waals surface area contributed by atoms with Gasteiger partial charge in [-0.15, -0.1) is 11.8 Å². The highest BCUT2D eigenvalue weighted by Crippen LogP contribution is 2.22. The Morgan fingerprint density at radius 2 is 1.83 bits per heavy atom. The quantitative estimate of drug-likeness (QED) is 0.584. The van der Waals surface area contributed by atoms with Crippen molar-refractivity contribution in [2.45, 2.75) is 11.3 Å². The lowest BCUT2D eigenvalue weighted by Gasteiger charge is -2.12. The standard InChI is InChI=1S/C13H16O4S/c1-16-12(14)8-10(13(15)17-2)9-18-11-6-4-3-5-7-11/h3-7,10H,8-9H2,1-2H3. The van der Waals surface area contributed by atoms with Crippen LogP contribution < -0.4 is 0 Å². The molecule has 0 aliphatic carbocycles. The van der Waals surface area contributed by atoms with E-state index in [9.17, 15) is 9.59 Å². The average molecular weight is 268 g/mol. The molecule has 1 aromatic rings. The van der Waals surface area contributed by atoms with Gasteiger partial charge in [-0.25, -0.2) is 0 Å². The van der Waals surface area contributed by atoms with Crippen LogP contribution in [0.25, 0.3) is 0 Å². The predicted molar refractivity (Wildman–Crippen MR) is 69.3 cm³/mol. The first-order valence-electron chi connectivity index (χ1n) is 5.50. The molecule has 0 saturated heterocycles. The Labute approximate surface area is 111 Å². The molecule has 18 heavy (non-hydrogen) atoms. The molecule has 0 saturated carbocycles. The largest absolute Gasteiger partial charge is 0.469 e. The fourth-order valence-corrected chi connectivity index (χ4v) is 2.37. The maximum atomic E-state index is 11.5. The third kappa shape index (κ3) is 4.79. The third-order valence-electron chi connectivity index (χ3n) is 2.37. The summed E-state index contributed by atoms with van der Waals surface area (Å²) in [5.74, 6) is -0.776. The number of hydrogen-bond acceptors (Lipinski definition) is 5. The van der Waals surface area contributed by atoms with Crippen LogP contribution in [0.15, 0.2) is 35.2 Å². The maximum Gasteiger partial charge on any atom is 0.310 e. The molecule has 0 spiro atoms. The number of carbonyl (C=O) groups is 2. The molecule has 0 aliphatic rings. The third-order valence-corrected chi connectivity index (χ3v) is 3.54. The van der Waals surface area contributed by atoms with E-state index in [0.29, 0.717) is 5.75 Å². The van der Waals surface area contributed by atoms with E-state index in [1.165, 1.54) is 26.0 Å². The van der Waals surface area contributed by atoms with Gasteiger partial charge < -0.3 is 9.47 Å². The van der Waals surface area contributed by atoms with Crippen molar-refractivity contribution < 1.29 is 19.1 Å². The van der Waals surface area contributed by atoms with Gasteiger partial charge in [0.25, 0.3) is 0 Å². The van der Waals surface area contributed by atoms with Crippen LogP contribution in [0.2, 0.25) is 0 Å². The van der Waals surface area contributed by atoms with Crippen LogP contribution >= 0.6 is 11.8 Å². The molecular weight excluding hydrogens is 252 g/mol. The molecule has 98 valence electrons. The zero-order chi connectivity index (χ0) is 13.4. The van der Waals surface area contributed by atoms with Crippen LogP contribution in [-0.2, 0) is 19.1 Å². The molecule has 0 N–H and O–H groups in total. The second-order valence-corrected chi connectivity index (χ2v) is 4.72. The van der Waals surface area contributed by atoms with Crippen molar-refractivity contribution in [3.8, 4) is 0 Å². The van der Waals surface area contributed by atoms with Gasteiger partial charge in [-0.3, -0.25) is 9.59 Å². The van der Waals surface area contributed by atoms with E-state index in [-0.39, 0.29) is 12.4 Å². The number of rotatable bonds is 6. The lowest BCUT2D eigenvalue weighted by Crippen LogP contribution is -2.22. The van der Waals surface area contributed by atoms with Crippen LogP contribution in [-0.4, -0.2) is 31.9 Å². The van der Waals surface area contributed by atoms with Crippen LogP contribution in [0.4, 0.5) is 0 Å². The van der Waals surface area contributed by atoms with Gasteiger partial charge in [-0.2, -0.15) is 0 Å². The number of hydrogen-bond donors (Lipinski definition) is 0. The smallest absolute Gasteiger partial charge is 0.310 e. The molecule has 5 heteroatoms. The monoisotopic (exact) mass is 268 g/mol. The van der Waals surface area contributed by atoms with Gasteiger partial charge in [-0.1, -0.05) is 18.2 Å². The number of methoxy groups -OCH3 is 2. The van der Waals surface area contributed by atoms with Crippen molar-refractivity contribution in [3.05, 3.63) is 30.3 Å². The molecule has 1 rings (SSSR count). The Bertz CT molecular complexity index is 391. The van der Waals surface area contributed by atoms with Gasteiger partial charge in [0.2, 0.25) is 0 Å². The summed E-state index contributed by atoms with van der Waals surface area (Å²) < 4.78 is 9.26. The SMILES string of the molecule is COC(=O)CC(CSc1ccccc1)C(=O)OC. The van der Waals surface area contributed by atoms with E-state index < -0.39 is 11.9 Å². The number of benzene rings is 1. The Balaban J connectivity index is 2.56. The minimum atomic E-state index is -0.479. The van der Waals surface area contributed by atoms with Crippen molar-refractivity contribution in [3.63, 3.8) is 0 Å². The fraction of sp³-hybridized carbons (Fsp3) is 0.385. The summed E-state index contributed by atoms with van der Waals surface area (Å²) in [5, 5.41) is 0. The predicted octanol–water partition coefficient (Wildman–Crippen LogP) is 2.13. The Morgan fingerprint density at radius 1 is 1.17 bits per heavy atom. The minimum Gasteiger partial charge on any atom is -0.469 e. The average Bonchev–Trinajstić information content (AvgIpc) is 2.43. The van der Waals surface area contributed by atoms with Gasteiger partial charge in [0, 0.05) is 10.6 Å². The maximum absolute atomic E-state index is 11.5. The van der Waals surface area contributed by atoms with E-state index in [0.717, 1.165) is 4.90 Å². The highest BCUT2D eigenvalue weighted by atomic mass is 32.2. The highest BCUT2D eigenvalue weighted by Gasteiger charge is 2.23. The lowest BCUT2D eigenvalue weighted by atomic mass is 10.1. The minimum absolute atomic E-state index is 0.0446. The topological polar surface area (TPSA) is 52.6 Å². The van der Waals surface area contributed by atoms with E-state index in [1.54, 1.807) is 0 Å². The summed E-state index contributed by atoms with van der Waals surface area (Å²) in [6.45, 7) is 0. The van der Waals surface area contributed by atoms with Crippen molar-refractivity contribution >= 4 is 23.7 Å². The molecule has 0 amide bonds. The molecule has 0 radical (unpaired) electrons. The first-order valence-corrected chi connectivity index (χ1v) is 6.48. The van der Waals surface area contributed by atoms with Crippen molar-refractivity contribution in [1.82, 2.24) is 0 Å². The number of esters is 2. The molecule has 0 aromatic heterocycles. The van der Waals surface area contributed by atoms with Gasteiger partial charge in [0.05, 0.1) is 26.6 Å². The molecular formula is C13H16O4S. The second-order valence-electron chi connectivity index (χ2n) is 3.62. The van der Waals surface area contributed by atoms with Crippen LogP contribution in [0.5, 0.6) is 0 Å². The van der Waals surface area contributed by atoms with E-state index in [2.05, 4.69) is 9.47 Å². The zero-order valence-corrected chi connectivity index (χ0v) is 11.2. The summed E-state index contributed by atoms with van der Waals surface area (Å²) in [4.78, 5) is 23.8. The summed E-state index contributed by atoms with van der Waals surface area (Å²) in [7, 11) is 2.63. The number of thioether (sulfide) groups is 1. The van der Waals surface area contributed by atoms with Crippen molar-refractivity contribution in [2.75, 3.05) is 20.0 Å². The first-order chi connectivity index (χ1) is 8.67. The Kier molecular flexibility index (Phi) is 6.28. The number of carbonyl (C=O) groups excluding carboxylic acids is 2. The summed E-state index contributed by atoms with van der Waals surface area (Å²) >= 11 is 1.52. The fourth-order valence-electron chi connectivity index (χ4n) is 1.38. The van der Waals surface area contributed by atoms with Crippen LogP contribution in [0.1, 0.15) is 6.42 Å². The lowest BCUT2D eigenvalue weighted by molar-refractivity contribution is -0.151. The summed E-state index contributed by atoms with van der Waals surface area (Å²) in [5.41, 5.74) is 0. The van der Waals surface area contributed by atoms with Gasteiger partial charge in [-0.05, 0) is 12.1 Å². The van der Waals surface area contributed by atoms with Crippen molar-refractivity contribution in [1.29, 1.82) is 0 Å². The zero-order valence-electron chi connectivity index (χ0n) is 10.4. The van der Waals surface area contributed by atoms with E-state index in [4.69, 9.17) is 0 Å². The molecule has 0 fully saturated rings. The van der Waals surface area contributed by atoms with E-state index in [1.807, 2.05) is 30.3 Å². The Hall–Kier alpha value is -1.49. The summed E-state index contributed by atoms with van der Waals surface area (Å²) in [6.07, 6.45) is 0.0446. The molecule has 0 aliphatic heterocycles. The second kappa shape index (κ2) is 7.76. The molecule has 4 nitrogen and oxygen atoms in total. The molecule has 1 atom stereocenters. The van der Waals surface area contributed by atoms with Gasteiger partial charge >= 0.3 is 11.9 Å². The Morgan fingerprint density at radius 3 is 2.39 bits per heavy atom. The van der Waals surface area contributed by atoms with Crippen LogP contribution in [0.3, 0.4) is 0 Å². The first kappa shape index (κ1) is 14.6. The molecule has 0 heterocycles. The van der Waals surface area contributed by atoms with Gasteiger partial charge in [0.1, 0.15) is 0 Å². The molecule has 0 bridgehead atoms. The molecule has 1 aromatic carbocycles. The van der Waals surface area contributed by atoms with E-state index >= 15 is 0 Å². The van der Waals surface area contributed by atoms with Gasteiger partial charge in [0.15, 0.2) is 0 Å². The van der Waals surface area contributed by atoms with Crippen molar-refractivity contribution in [2.24, 2.45) is 5.92 Å². The highest BCUT2D eigenvalue weighted by molar-refractivity contribution is 7.99. The number of ether oxygens (including phenoxy) is 2. The van der Waals surface area contributed by atoms with Crippen LogP contribution in [0, 0.1) is 5.92 Å². The normalized spacial score (nSPS) is 11.7.